The molecule has 172 valence electrons. The number of aromatic nitrogens is 2. The molecule has 0 aliphatic carbocycles. The Kier molecular flexibility index (Phi) is 6.53. The number of carbonyl (C=O) groups excluding carboxylic acids is 1. The van der Waals surface area contributed by atoms with Crippen molar-refractivity contribution in [3.05, 3.63) is 66.0 Å². The zero-order chi connectivity index (χ0) is 22.6. The normalized spacial score (nSPS) is 20.1. The number of likely N-dealkylation sites (tertiary alicyclic amines) is 1. The molecule has 0 N–H and O–H groups in total. The van der Waals surface area contributed by atoms with Crippen molar-refractivity contribution in [2.45, 2.75) is 38.6 Å². The van der Waals surface area contributed by atoms with Crippen molar-refractivity contribution in [3.63, 3.8) is 0 Å². The van der Waals surface area contributed by atoms with Gasteiger partial charge in [0.2, 0.25) is 5.91 Å². The number of hydrogen-bond donors (Lipinski definition) is 0. The van der Waals surface area contributed by atoms with Gasteiger partial charge in [0.05, 0.1) is 12.1 Å². The molecule has 3 heterocycles. The van der Waals surface area contributed by atoms with Gasteiger partial charge >= 0.3 is 0 Å². The van der Waals surface area contributed by atoms with Gasteiger partial charge in [0.1, 0.15) is 11.6 Å². The zero-order valence-corrected chi connectivity index (χ0v) is 19.5. The minimum Gasteiger partial charge on any atom is -0.352 e. The SMILES string of the molecule is CC(=O)N1CCN(c2nc(CN3CCCC(c4ccccc4)CC3)nc3ccccc23)CC1. The first-order valence-electron chi connectivity index (χ1n) is 12.2. The third-order valence-electron chi connectivity index (χ3n) is 7.11. The molecule has 1 atom stereocenters. The molecular weight excluding hydrogens is 410 g/mol. The van der Waals surface area contributed by atoms with Gasteiger partial charge in [-0.2, -0.15) is 0 Å². The summed E-state index contributed by atoms with van der Waals surface area (Å²) in [4.78, 5) is 28.5. The number of rotatable bonds is 4. The van der Waals surface area contributed by atoms with Crippen molar-refractivity contribution in [2.75, 3.05) is 44.2 Å². The molecule has 0 radical (unpaired) electrons. The van der Waals surface area contributed by atoms with Crippen LogP contribution in [0.25, 0.3) is 10.9 Å². The van der Waals surface area contributed by atoms with Crippen LogP contribution in [0.3, 0.4) is 0 Å². The smallest absolute Gasteiger partial charge is 0.219 e. The Hall–Kier alpha value is -2.99. The Morgan fingerprint density at radius 1 is 0.879 bits per heavy atom. The Morgan fingerprint density at radius 2 is 1.64 bits per heavy atom. The molecule has 0 saturated carbocycles. The van der Waals surface area contributed by atoms with Crippen molar-refractivity contribution in [2.24, 2.45) is 0 Å². The summed E-state index contributed by atoms with van der Waals surface area (Å²) in [5.41, 5.74) is 2.47. The largest absolute Gasteiger partial charge is 0.352 e. The number of para-hydroxylation sites is 1. The molecule has 1 unspecified atom stereocenters. The molecule has 2 fully saturated rings. The second-order valence-corrected chi connectivity index (χ2v) is 9.29. The highest BCUT2D eigenvalue weighted by atomic mass is 16.2. The third-order valence-corrected chi connectivity index (χ3v) is 7.11. The first-order valence-corrected chi connectivity index (χ1v) is 12.2. The van der Waals surface area contributed by atoms with Crippen LogP contribution < -0.4 is 4.90 Å². The minimum atomic E-state index is 0.151. The topological polar surface area (TPSA) is 52.6 Å². The second-order valence-electron chi connectivity index (χ2n) is 9.29. The fourth-order valence-electron chi connectivity index (χ4n) is 5.22. The predicted octanol–water partition coefficient (Wildman–Crippen LogP) is 4.07. The lowest BCUT2D eigenvalue weighted by atomic mass is 9.92. The van der Waals surface area contributed by atoms with Crippen LogP contribution in [-0.4, -0.2) is 64.9 Å². The highest BCUT2D eigenvalue weighted by Gasteiger charge is 2.23. The number of anilines is 1. The molecule has 2 aliphatic rings. The van der Waals surface area contributed by atoms with Gasteiger partial charge in [0.15, 0.2) is 0 Å². The van der Waals surface area contributed by atoms with Gasteiger partial charge in [-0.1, -0.05) is 42.5 Å². The summed E-state index contributed by atoms with van der Waals surface area (Å²) in [6.07, 6.45) is 3.62. The van der Waals surface area contributed by atoms with Crippen LogP contribution in [0.2, 0.25) is 0 Å². The first-order chi connectivity index (χ1) is 16.2. The standard InChI is InChI=1S/C27H33N5O/c1-21(33)31-16-18-32(19-17-31)27-24-11-5-6-12-25(24)28-26(29-27)20-30-14-7-10-23(13-15-30)22-8-3-2-4-9-22/h2-6,8-9,11-12,23H,7,10,13-20H2,1H3. The van der Waals surface area contributed by atoms with Crippen molar-refractivity contribution in [3.8, 4) is 0 Å². The van der Waals surface area contributed by atoms with Crippen LogP contribution in [0, 0.1) is 0 Å². The molecule has 1 amide bonds. The van der Waals surface area contributed by atoms with Crippen LogP contribution in [-0.2, 0) is 11.3 Å². The molecule has 3 aromatic rings. The lowest BCUT2D eigenvalue weighted by Crippen LogP contribution is -2.48. The van der Waals surface area contributed by atoms with Crippen molar-refractivity contribution in [1.82, 2.24) is 19.8 Å². The molecule has 5 rings (SSSR count). The molecule has 1 aromatic heterocycles. The summed E-state index contributed by atoms with van der Waals surface area (Å²) < 4.78 is 0. The number of amides is 1. The zero-order valence-electron chi connectivity index (χ0n) is 19.5. The van der Waals surface area contributed by atoms with E-state index in [2.05, 4.69) is 58.3 Å². The molecule has 33 heavy (non-hydrogen) atoms. The van der Waals surface area contributed by atoms with Crippen LogP contribution in [0.1, 0.15) is 43.5 Å². The molecule has 0 bridgehead atoms. The first kappa shape index (κ1) is 21.8. The van der Waals surface area contributed by atoms with E-state index in [-0.39, 0.29) is 5.91 Å². The maximum absolute atomic E-state index is 11.7. The Labute approximate surface area is 196 Å². The summed E-state index contributed by atoms with van der Waals surface area (Å²) in [5, 5.41) is 1.09. The van der Waals surface area contributed by atoms with E-state index in [4.69, 9.17) is 9.97 Å². The molecular formula is C27H33N5O. The van der Waals surface area contributed by atoms with E-state index in [1.807, 2.05) is 11.0 Å². The van der Waals surface area contributed by atoms with Gasteiger partial charge in [-0.25, -0.2) is 9.97 Å². The average molecular weight is 444 g/mol. The molecule has 2 aromatic carbocycles. The highest BCUT2D eigenvalue weighted by Crippen LogP contribution is 2.29. The maximum atomic E-state index is 11.7. The van der Waals surface area contributed by atoms with Gasteiger partial charge in [-0.05, 0) is 56.0 Å². The molecule has 2 aliphatic heterocycles. The Balaban J connectivity index is 1.33. The Morgan fingerprint density at radius 3 is 2.42 bits per heavy atom. The van der Waals surface area contributed by atoms with Gasteiger partial charge in [0.25, 0.3) is 0 Å². The van der Waals surface area contributed by atoms with Crippen LogP contribution in [0.4, 0.5) is 5.82 Å². The lowest BCUT2D eigenvalue weighted by Gasteiger charge is -2.35. The lowest BCUT2D eigenvalue weighted by molar-refractivity contribution is -0.129. The number of carbonyl (C=O) groups is 1. The van der Waals surface area contributed by atoms with Gasteiger partial charge in [0, 0.05) is 38.5 Å². The predicted molar refractivity (Wildman–Crippen MR) is 132 cm³/mol. The fourth-order valence-corrected chi connectivity index (χ4v) is 5.22. The summed E-state index contributed by atoms with van der Waals surface area (Å²) in [7, 11) is 0. The molecule has 6 heteroatoms. The van der Waals surface area contributed by atoms with Crippen LogP contribution in [0.15, 0.2) is 54.6 Å². The van der Waals surface area contributed by atoms with E-state index in [0.717, 1.165) is 68.4 Å². The average Bonchev–Trinajstić information content (AvgIpc) is 3.10. The number of hydrogen-bond acceptors (Lipinski definition) is 5. The van der Waals surface area contributed by atoms with Gasteiger partial charge < -0.3 is 9.80 Å². The van der Waals surface area contributed by atoms with Crippen LogP contribution in [0.5, 0.6) is 0 Å². The fraction of sp³-hybridized carbons (Fsp3) is 0.444. The van der Waals surface area contributed by atoms with E-state index >= 15 is 0 Å². The van der Waals surface area contributed by atoms with E-state index in [9.17, 15) is 4.79 Å². The van der Waals surface area contributed by atoms with E-state index in [1.165, 1.54) is 24.8 Å². The Bertz CT molecular complexity index is 1090. The third kappa shape index (κ3) is 5.01. The van der Waals surface area contributed by atoms with Crippen molar-refractivity contribution in [1.29, 1.82) is 0 Å². The van der Waals surface area contributed by atoms with Crippen molar-refractivity contribution >= 4 is 22.6 Å². The van der Waals surface area contributed by atoms with E-state index in [1.54, 1.807) is 6.92 Å². The second kappa shape index (κ2) is 9.87. The summed E-state index contributed by atoms with van der Waals surface area (Å²) in [6.45, 7) is 7.70. The number of fused-ring (bicyclic) bond motifs is 1. The molecule has 2 saturated heterocycles. The van der Waals surface area contributed by atoms with Crippen molar-refractivity contribution < 1.29 is 4.79 Å². The quantitative estimate of drug-likeness (QED) is 0.609. The monoisotopic (exact) mass is 443 g/mol. The van der Waals surface area contributed by atoms with E-state index < -0.39 is 0 Å². The summed E-state index contributed by atoms with van der Waals surface area (Å²) in [5.74, 6) is 2.70. The maximum Gasteiger partial charge on any atom is 0.219 e. The minimum absolute atomic E-state index is 0.151. The van der Waals surface area contributed by atoms with Crippen LogP contribution >= 0.6 is 0 Å². The van der Waals surface area contributed by atoms with E-state index in [0.29, 0.717) is 5.92 Å². The van der Waals surface area contributed by atoms with Gasteiger partial charge in [-0.3, -0.25) is 9.69 Å². The number of piperazine rings is 1. The number of benzene rings is 2. The summed E-state index contributed by atoms with van der Waals surface area (Å²) in [6, 6.07) is 19.2. The van der Waals surface area contributed by atoms with Gasteiger partial charge in [-0.15, -0.1) is 0 Å². The molecule has 0 spiro atoms. The molecule has 6 nitrogen and oxygen atoms in total. The highest BCUT2D eigenvalue weighted by molar-refractivity contribution is 5.89. The summed E-state index contributed by atoms with van der Waals surface area (Å²) >= 11 is 0. The number of nitrogens with zero attached hydrogens (tertiary/aromatic N) is 5.